The van der Waals surface area contributed by atoms with Gasteiger partial charge in [-0.2, -0.15) is 0 Å². The number of carbonyl (C=O) groups excluding carboxylic acids is 1. The number of ether oxygens (including phenoxy) is 1. The quantitative estimate of drug-likeness (QED) is 0.755. The Morgan fingerprint density at radius 2 is 2.00 bits per heavy atom. The van der Waals surface area contributed by atoms with E-state index >= 15 is 0 Å². The molecule has 0 heterocycles. The smallest absolute Gasteiger partial charge is 0.222 e. The molecule has 1 fully saturated rings. The van der Waals surface area contributed by atoms with Crippen LogP contribution in [0.2, 0.25) is 0 Å². The summed E-state index contributed by atoms with van der Waals surface area (Å²) in [6.07, 6.45) is 3.41. The van der Waals surface area contributed by atoms with E-state index in [0.717, 1.165) is 37.1 Å². The number of hydrogen-bond donors (Lipinski definition) is 0. The van der Waals surface area contributed by atoms with Crippen LogP contribution in [0.5, 0.6) is 5.75 Å². The Morgan fingerprint density at radius 3 is 2.55 bits per heavy atom. The second-order valence-electron chi connectivity index (χ2n) is 5.56. The Balaban J connectivity index is 1.73. The third-order valence-electron chi connectivity index (χ3n) is 3.92. The van der Waals surface area contributed by atoms with Crippen molar-refractivity contribution in [2.24, 2.45) is 5.92 Å². The third kappa shape index (κ3) is 4.14. The molecule has 1 aromatic rings. The highest BCUT2D eigenvalue weighted by molar-refractivity contribution is 6.21. The number of nitrogens with zero attached hydrogens (tertiary/aromatic N) is 1. The predicted octanol–water partition coefficient (Wildman–Crippen LogP) is 3.10. The number of carbonyl (C=O) groups is 1. The van der Waals surface area contributed by atoms with Crippen LogP contribution in [0.1, 0.15) is 24.8 Å². The standard InChI is InChI=1S/C16H22ClNO2/c1-18(11-13-9-14(17)10-13)16(19)8-5-12-3-6-15(20-2)7-4-12/h3-4,6-7,13-14H,5,8-11H2,1-2H3. The predicted molar refractivity (Wildman–Crippen MR) is 81.3 cm³/mol. The summed E-state index contributed by atoms with van der Waals surface area (Å²) in [6.45, 7) is 0.838. The lowest BCUT2D eigenvalue weighted by Crippen LogP contribution is -2.38. The Hall–Kier alpha value is -1.22. The topological polar surface area (TPSA) is 29.5 Å². The average Bonchev–Trinajstić information content (AvgIpc) is 2.43. The van der Waals surface area contributed by atoms with Gasteiger partial charge in [-0.05, 0) is 42.9 Å². The summed E-state index contributed by atoms with van der Waals surface area (Å²) >= 11 is 5.96. The largest absolute Gasteiger partial charge is 0.497 e. The first-order chi connectivity index (χ1) is 9.58. The van der Waals surface area contributed by atoms with Gasteiger partial charge in [-0.25, -0.2) is 0 Å². The molecular weight excluding hydrogens is 274 g/mol. The van der Waals surface area contributed by atoms with Gasteiger partial charge in [0.1, 0.15) is 5.75 Å². The highest BCUT2D eigenvalue weighted by Gasteiger charge is 2.28. The molecule has 0 saturated heterocycles. The van der Waals surface area contributed by atoms with Crippen LogP contribution in [-0.2, 0) is 11.2 Å². The number of methoxy groups -OCH3 is 1. The Bertz CT molecular complexity index is 440. The zero-order chi connectivity index (χ0) is 14.5. The van der Waals surface area contributed by atoms with Crippen LogP contribution in [0.4, 0.5) is 0 Å². The summed E-state index contributed by atoms with van der Waals surface area (Å²) in [7, 11) is 3.54. The maximum Gasteiger partial charge on any atom is 0.222 e. The first-order valence-corrected chi connectivity index (χ1v) is 7.53. The molecule has 0 radical (unpaired) electrons. The molecule has 0 N–H and O–H groups in total. The van der Waals surface area contributed by atoms with Crippen molar-refractivity contribution in [3.63, 3.8) is 0 Å². The molecule has 0 unspecified atom stereocenters. The summed E-state index contributed by atoms with van der Waals surface area (Å²) < 4.78 is 5.12. The van der Waals surface area contributed by atoms with E-state index in [-0.39, 0.29) is 5.91 Å². The molecule has 1 saturated carbocycles. The van der Waals surface area contributed by atoms with E-state index in [4.69, 9.17) is 16.3 Å². The van der Waals surface area contributed by atoms with E-state index in [2.05, 4.69) is 0 Å². The zero-order valence-electron chi connectivity index (χ0n) is 12.1. The van der Waals surface area contributed by atoms with Crippen LogP contribution in [0.15, 0.2) is 24.3 Å². The van der Waals surface area contributed by atoms with Crippen molar-refractivity contribution in [2.45, 2.75) is 31.1 Å². The fourth-order valence-electron chi connectivity index (χ4n) is 2.53. The molecular formula is C16H22ClNO2. The van der Waals surface area contributed by atoms with Gasteiger partial charge in [-0.1, -0.05) is 12.1 Å². The van der Waals surface area contributed by atoms with E-state index in [1.165, 1.54) is 0 Å². The molecule has 1 aromatic carbocycles. The summed E-state index contributed by atoms with van der Waals surface area (Å²) in [5.41, 5.74) is 1.16. The van der Waals surface area contributed by atoms with Gasteiger partial charge in [0.2, 0.25) is 5.91 Å². The molecule has 20 heavy (non-hydrogen) atoms. The molecule has 0 spiro atoms. The first-order valence-electron chi connectivity index (χ1n) is 7.09. The van der Waals surface area contributed by atoms with E-state index < -0.39 is 0 Å². The minimum absolute atomic E-state index is 0.207. The van der Waals surface area contributed by atoms with Gasteiger partial charge in [0.25, 0.3) is 0 Å². The minimum atomic E-state index is 0.207. The Kier molecular flexibility index (Phi) is 5.30. The fourth-order valence-corrected chi connectivity index (χ4v) is 3.03. The SMILES string of the molecule is COc1ccc(CCC(=O)N(C)CC2CC(Cl)C2)cc1. The lowest BCUT2D eigenvalue weighted by Gasteiger charge is -2.34. The number of amides is 1. The van der Waals surface area contributed by atoms with Gasteiger partial charge in [0, 0.05) is 25.4 Å². The highest BCUT2D eigenvalue weighted by atomic mass is 35.5. The van der Waals surface area contributed by atoms with Crippen molar-refractivity contribution in [2.75, 3.05) is 20.7 Å². The van der Waals surface area contributed by atoms with E-state index in [9.17, 15) is 4.79 Å². The summed E-state index contributed by atoms with van der Waals surface area (Å²) in [5, 5.41) is 0.322. The number of halogens is 1. The third-order valence-corrected chi connectivity index (χ3v) is 4.28. The number of hydrogen-bond acceptors (Lipinski definition) is 2. The minimum Gasteiger partial charge on any atom is -0.497 e. The van der Waals surface area contributed by atoms with Crippen LogP contribution in [0, 0.1) is 5.92 Å². The lowest BCUT2D eigenvalue weighted by molar-refractivity contribution is -0.130. The van der Waals surface area contributed by atoms with Gasteiger partial charge in [-0.15, -0.1) is 11.6 Å². The molecule has 110 valence electrons. The molecule has 0 aliphatic heterocycles. The van der Waals surface area contributed by atoms with E-state index in [1.807, 2.05) is 36.2 Å². The van der Waals surface area contributed by atoms with Gasteiger partial charge < -0.3 is 9.64 Å². The maximum atomic E-state index is 12.1. The first kappa shape index (κ1) is 15.2. The van der Waals surface area contributed by atoms with Crippen molar-refractivity contribution in [3.05, 3.63) is 29.8 Å². The monoisotopic (exact) mass is 295 g/mol. The van der Waals surface area contributed by atoms with Crippen molar-refractivity contribution < 1.29 is 9.53 Å². The number of alkyl halides is 1. The summed E-state index contributed by atoms with van der Waals surface area (Å²) in [6, 6.07) is 7.88. The molecule has 0 aromatic heterocycles. The van der Waals surface area contributed by atoms with Crippen LogP contribution in [0.3, 0.4) is 0 Å². The molecule has 1 amide bonds. The van der Waals surface area contributed by atoms with Gasteiger partial charge in [-0.3, -0.25) is 4.79 Å². The van der Waals surface area contributed by atoms with E-state index in [1.54, 1.807) is 7.11 Å². The Labute approximate surface area is 125 Å². The number of aryl methyl sites for hydroxylation is 1. The van der Waals surface area contributed by atoms with Crippen LogP contribution in [0.25, 0.3) is 0 Å². The van der Waals surface area contributed by atoms with Crippen molar-refractivity contribution >= 4 is 17.5 Å². The van der Waals surface area contributed by atoms with Crippen LogP contribution < -0.4 is 4.74 Å². The number of rotatable bonds is 6. The summed E-state index contributed by atoms with van der Waals surface area (Å²) in [4.78, 5) is 13.9. The second kappa shape index (κ2) is 6.98. The molecule has 1 aliphatic rings. The molecule has 0 atom stereocenters. The average molecular weight is 296 g/mol. The van der Waals surface area contributed by atoms with Crippen molar-refractivity contribution in [1.82, 2.24) is 4.90 Å². The Morgan fingerprint density at radius 1 is 1.35 bits per heavy atom. The normalized spacial score (nSPS) is 21.1. The number of benzene rings is 1. The highest BCUT2D eigenvalue weighted by Crippen LogP contribution is 2.32. The van der Waals surface area contributed by atoms with E-state index in [0.29, 0.717) is 17.7 Å². The van der Waals surface area contributed by atoms with Gasteiger partial charge in [0.15, 0.2) is 0 Å². The van der Waals surface area contributed by atoms with Crippen molar-refractivity contribution in [3.8, 4) is 5.75 Å². The van der Waals surface area contributed by atoms with Crippen LogP contribution in [-0.4, -0.2) is 36.9 Å². The molecule has 4 heteroatoms. The summed E-state index contributed by atoms with van der Waals surface area (Å²) in [5.74, 6) is 1.64. The maximum absolute atomic E-state index is 12.1. The molecule has 3 nitrogen and oxygen atoms in total. The lowest BCUT2D eigenvalue weighted by atomic mass is 9.84. The second-order valence-corrected chi connectivity index (χ2v) is 6.17. The molecule has 2 rings (SSSR count). The van der Waals surface area contributed by atoms with Crippen molar-refractivity contribution in [1.29, 1.82) is 0 Å². The molecule has 1 aliphatic carbocycles. The fraction of sp³-hybridized carbons (Fsp3) is 0.562. The zero-order valence-corrected chi connectivity index (χ0v) is 12.9. The van der Waals surface area contributed by atoms with Gasteiger partial charge >= 0.3 is 0 Å². The van der Waals surface area contributed by atoms with Crippen LogP contribution >= 0.6 is 11.6 Å². The molecule has 0 bridgehead atoms. The van der Waals surface area contributed by atoms with Gasteiger partial charge in [0.05, 0.1) is 7.11 Å².